The molecule has 0 aliphatic heterocycles. The number of aromatic amines is 1. The Morgan fingerprint density at radius 3 is 2.12 bits per heavy atom. The van der Waals surface area contributed by atoms with Crippen molar-refractivity contribution in [2.75, 3.05) is 14.2 Å². The van der Waals surface area contributed by atoms with Crippen molar-refractivity contribution in [2.45, 2.75) is 0 Å². The molecule has 0 saturated carbocycles. The smallest absolute Gasteiger partial charge is 0.359 e. The van der Waals surface area contributed by atoms with Gasteiger partial charge < -0.3 is 9.47 Å². The third-order valence-corrected chi connectivity index (χ3v) is 3.85. The number of halogens is 2. The molecule has 0 saturated heterocycles. The van der Waals surface area contributed by atoms with Gasteiger partial charge in [-0.3, -0.25) is 0 Å². The first-order valence-corrected chi connectivity index (χ1v) is 7.57. The Labute approximate surface area is 150 Å². The third kappa shape index (κ3) is 2.99. The van der Waals surface area contributed by atoms with E-state index in [1.807, 2.05) is 0 Å². The molecule has 0 radical (unpaired) electrons. The second-order valence-electron chi connectivity index (χ2n) is 4.69. The number of ether oxygens (including phenoxy) is 2. The van der Waals surface area contributed by atoms with Gasteiger partial charge in [0, 0.05) is 0 Å². The highest BCUT2D eigenvalue weighted by Crippen LogP contribution is 2.26. The maximum Gasteiger partial charge on any atom is 0.359 e. The van der Waals surface area contributed by atoms with E-state index in [1.54, 1.807) is 6.07 Å². The van der Waals surface area contributed by atoms with E-state index in [1.165, 1.54) is 32.4 Å². The normalized spacial score (nSPS) is 10.7. The monoisotopic (exact) mass is 383 g/mol. The van der Waals surface area contributed by atoms with Gasteiger partial charge in [0.2, 0.25) is 11.8 Å². The highest BCUT2D eigenvalue weighted by atomic mass is 35.5. The highest BCUT2D eigenvalue weighted by molar-refractivity contribution is 6.37. The summed E-state index contributed by atoms with van der Waals surface area (Å²) < 4.78 is 11.7. The minimum Gasteiger partial charge on any atom is -0.481 e. The van der Waals surface area contributed by atoms with E-state index in [-0.39, 0.29) is 33.4 Å². The van der Waals surface area contributed by atoms with E-state index in [2.05, 4.69) is 15.1 Å². The lowest BCUT2D eigenvalue weighted by atomic mass is 10.3. The van der Waals surface area contributed by atoms with Gasteiger partial charge in [-0.1, -0.05) is 29.3 Å². The first-order valence-electron chi connectivity index (χ1n) is 6.82. The third-order valence-electron chi connectivity index (χ3n) is 3.24. The largest absolute Gasteiger partial charge is 0.481 e. The molecule has 0 bridgehead atoms. The summed E-state index contributed by atoms with van der Waals surface area (Å²) in [7, 11) is 2.79. The molecular weight excluding hydrogens is 373 g/mol. The molecule has 0 spiro atoms. The van der Waals surface area contributed by atoms with Crippen LogP contribution in [0.1, 0.15) is 0 Å². The molecule has 0 aliphatic rings. The highest BCUT2D eigenvalue weighted by Gasteiger charge is 2.19. The van der Waals surface area contributed by atoms with Crippen LogP contribution in [0.2, 0.25) is 10.0 Å². The molecule has 25 heavy (non-hydrogen) atoms. The predicted octanol–water partition coefficient (Wildman–Crippen LogP) is 1.43. The van der Waals surface area contributed by atoms with E-state index in [4.69, 9.17) is 32.7 Å². The molecular formula is C14H11Cl2N5O4. The summed E-state index contributed by atoms with van der Waals surface area (Å²) in [4.78, 5) is 33.1. The Balaban J connectivity index is 2.26. The van der Waals surface area contributed by atoms with Crippen molar-refractivity contribution in [1.82, 2.24) is 24.3 Å². The van der Waals surface area contributed by atoms with Crippen molar-refractivity contribution >= 4 is 23.2 Å². The van der Waals surface area contributed by atoms with Crippen LogP contribution in [0.15, 0.2) is 33.9 Å². The second kappa shape index (κ2) is 6.61. The van der Waals surface area contributed by atoms with Crippen LogP contribution < -0.4 is 20.9 Å². The van der Waals surface area contributed by atoms with E-state index in [0.29, 0.717) is 0 Å². The maximum absolute atomic E-state index is 12.7. The average Bonchev–Trinajstić information content (AvgIpc) is 2.89. The van der Waals surface area contributed by atoms with Gasteiger partial charge in [-0.05, 0) is 12.1 Å². The summed E-state index contributed by atoms with van der Waals surface area (Å²) in [6, 6.07) is 6.04. The van der Waals surface area contributed by atoms with Crippen LogP contribution >= 0.6 is 23.2 Å². The number of benzene rings is 1. The number of aromatic nitrogens is 5. The topological polar surface area (TPSA) is 104 Å². The molecule has 11 heteroatoms. The average molecular weight is 384 g/mol. The predicted molar refractivity (Wildman–Crippen MR) is 90.7 cm³/mol. The van der Waals surface area contributed by atoms with E-state index >= 15 is 0 Å². The first-order chi connectivity index (χ1) is 12.0. The Hall–Kier alpha value is -2.78. The maximum atomic E-state index is 12.7. The molecule has 0 atom stereocenters. The quantitative estimate of drug-likeness (QED) is 0.730. The van der Waals surface area contributed by atoms with Crippen LogP contribution in [0.5, 0.6) is 11.8 Å². The van der Waals surface area contributed by atoms with Crippen molar-refractivity contribution in [3.8, 4) is 23.4 Å². The van der Waals surface area contributed by atoms with Crippen LogP contribution in [-0.4, -0.2) is 38.5 Å². The van der Waals surface area contributed by atoms with Crippen molar-refractivity contribution in [3.63, 3.8) is 0 Å². The molecule has 0 aliphatic carbocycles. The zero-order valence-electron chi connectivity index (χ0n) is 13.0. The number of nitrogens with one attached hydrogen (secondary N) is 1. The summed E-state index contributed by atoms with van der Waals surface area (Å²) in [5.41, 5.74) is -1.48. The standard InChI is InChI=1S/C14H11Cl2N5O4/c1-24-9-6-10(25-2)18-12(17-9)21-14(23)20(13(22)19-21)11-7(15)4-3-5-8(11)16/h3-6H,1-2H3,(H,19,22). The number of H-pyrrole nitrogens is 1. The Morgan fingerprint density at radius 1 is 1.04 bits per heavy atom. The number of rotatable bonds is 4. The molecule has 3 aromatic rings. The number of para-hydroxylation sites is 1. The number of hydrogen-bond acceptors (Lipinski definition) is 6. The molecule has 1 N–H and O–H groups in total. The van der Waals surface area contributed by atoms with Crippen molar-refractivity contribution < 1.29 is 9.47 Å². The molecule has 0 fully saturated rings. The van der Waals surface area contributed by atoms with Gasteiger partial charge in [0.1, 0.15) is 0 Å². The molecule has 1 aromatic carbocycles. The second-order valence-corrected chi connectivity index (χ2v) is 5.51. The van der Waals surface area contributed by atoms with Crippen molar-refractivity contribution in [3.05, 3.63) is 55.3 Å². The summed E-state index contributed by atoms with van der Waals surface area (Å²) in [5, 5.41) is 2.62. The molecule has 2 heterocycles. The molecule has 0 amide bonds. The Morgan fingerprint density at radius 2 is 1.60 bits per heavy atom. The van der Waals surface area contributed by atoms with Crippen LogP contribution in [0.25, 0.3) is 11.6 Å². The van der Waals surface area contributed by atoms with Crippen LogP contribution in [-0.2, 0) is 0 Å². The van der Waals surface area contributed by atoms with Crippen LogP contribution in [0.3, 0.4) is 0 Å². The van der Waals surface area contributed by atoms with Gasteiger partial charge in [-0.15, -0.1) is 0 Å². The number of methoxy groups -OCH3 is 2. The fourth-order valence-corrected chi connectivity index (χ4v) is 2.68. The summed E-state index contributed by atoms with van der Waals surface area (Å²) >= 11 is 12.2. The molecule has 2 aromatic heterocycles. The summed E-state index contributed by atoms with van der Waals surface area (Å²) in [6.07, 6.45) is 0. The Bertz CT molecular complexity index is 1010. The Kier molecular flexibility index (Phi) is 4.51. The molecule has 3 rings (SSSR count). The number of hydrogen-bond donors (Lipinski definition) is 1. The molecule has 9 nitrogen and oxygen atoms in total. The molecule has 0 unspecified atom stereocenters. The zero-order chi connectivity index (χ0) is 18.1. The lowest BCUT2D eigenvalue weighted by molar-refractivity contribution is 0.369. The van der Waals surface area contributed by atoms with Gasteiger partial charge in [0.05, 0.1) is 36.0 Å². The van der Waals surface area contributed by atoms with Crippen LogP contribution in [0.4, 0.5) is 0 Å². The van der Waals surface area contributed by atoms with Crippen molar-refractivity contribution in [2.24, 2.45) is 0 Å². The van der Waals surface area contributed by atoms with E-state index in [9.17, 15) is 9.59 Å². The number of nitrogens with zero attached hydrogens (tertiary/aromatic N) is 4. The van der Waals surface area contributed by atoms with Gasteiger partial charge in [0.15, 0.2) is 0 Å². The molecule has 130 valence electrons. The van der Waals surface area contributed by atoms with E-state index < -0.39 is 11.4 Å². The SMILES string of the molecule is COc1cc(OC)nc(-n2[nH]c(=O)n(-c3c(Cl)cccc3Cl)c2=O)n1. The fraction of sp³-hybridized carbons (Fsp3) is 0.143. The summed E-state index contributed by atoms with van der Waals surface area (Å²) in [6.45, 7) is 0. The van der Waals surface area contributed by atoms with Gasteiger partial charge in [-0.25, -0.2) is 19.3 Å². The lowest BCUT2D eigenvalue weighted by Crippen LogP contribution is -2.28. The zero-order valence-corrected chi connectivity index (χ0v) is 14.5. The summed E-state index contributed by atoms with van der Waals surface area (Å²) in [5.74, 6) is 0.163. The lowest BCUT2D eigenvalue weighted by Gasteiger charge is -2.06. The first kappa shape index (κ1) is 17.1. The van der Waals surface area contributed by atoms with Crippen molar-refractivity contribution in [1.29, 1.82) is 0 Å². The van der Waals surface area contributed by atoms with Crippen LogP contribution in [0, 0.1) is 0 Å². The van der Waals surface area contributed by atoms with Gasteiger partial charge in [-0.2, -0.15) is 14.6 Å². The minimum atomic E-state index is -0.782. The minimum absolute atomic E-state index is 0.0608. The van der Waals surface area contributed by atoms with Gasteiger partial charge in [0.25, 0.3) is 5.95 Å². The van der Waals surface area contributed by atoms with Gasteiger partial charge >= 0.3 is 11.4 Å². The fourth-order valence-electron chi connectivity index (χ4n) is 2.12. The van der Waals surface area contributed by atoms with E-state index in [0.717, 1.165) is 9.25 Å².